The van der Waals surface area contributed by atoms with Crippen LogP contribution in [0.3, 0.4) is 0 Å². The monoisotopic (exact) mass is 433 g/mol. The number of hydrogen-bond acceptors (Lipinski definition) is 8. The average molecular weight is 433 g/mol. The van der Waals surface area contributed by atoms with Crippen LogP contribution in [-0.4, -0.2) is 59.8 Å². The molecule has 2 aromatic carbocycles. The molecular weight excluding hydrogens is 410 g/mol. The van der Waals surface area contributed by atoms with Gasteiger partial charge in [-0.1, -0.05) is 60.7 Å². The van der Waals surface area contributed by atoms with Crippen molar-refractivity contribution in [3.8, 4) is 0 Å². The summed E-state index contributed by atoms with van der Waals surface area (Å²) in [4.78, 5) is 13.2. The molecule has 1 aliphatic heterocycles. The van der Waals surface area contributed by atoms with Crippen molar-refractivity contribution in [3.63, 3.8) is 0 Å². The second-order valence-electron chi connectivity index (χ2n) is 7.67. The van der Waals surface area contributed by atoms with E-state index >= 15 is 0 Å². The summed E-state index contributed by atoms with van der Waals surface area (Å²) in [6.07, 6.45) is -1.33. The summed E-state index contributed by atoms with van der Waals surface area (Å²) < 4.78 is 7.19. The Hall–Kier alpha value is -3.37. The van der Waals surface area contributed by atoms with E-state index in [1.165, 1.54) is 12.7 Å². The molecule has 5 rings (SSSR count). The number of nitrogens with zero attached hydrogens (tertiary/aromatic N) is 4. The van der Waals surface area contributed by atoms with Gasteiger partial charge in [-0.2, -0.15) is 0 Å². The first kappa shape index (κ1) is 20.5. The smallest absolute Gasteiger partial charge is 0.167 e. The van der Waals surface area contributed by atoms with E-state index in [1.54, 1.807) is 4.57 Å². The number of fused-ring (bicyclic) bond motifs is 1. The van der Waals surface area contributed by atoms with Crippen LogP contribution in [0.15, 0.2) is 73.3 Å². The van der Waals surface area contributed by atoms with Crippen molar-refractivity contribution in [3.05, 3.63) is 84.4 Å². The molecule has 4 N–H and O–H groups in total. The van der Waals surface area contributed by atoms with Gasteiger partial charge in [0.05, 0.1) is 19.0 Å². The van der Waals surface area contributed by atoms with Crippen LogP contribution in [0.4, 0.5) is 5.82 Å². The fourth-order valence-corrected chi connectivity index (χ4v) is 4.04. The van der Waals surface area contributed by atoms with Gasteiger partial charge in [-0.25, -0.2) is 15.0 Å². The van der Waals surface area contributed by atoms with E-state index < -0.39 is 31.1 Å². The molecule has 4 atom stereocenters. The number of aliphatic hydroxyl groups excluding tert-OH is 3. The van der Waals surface area contributed by atoms with Crippen molar-refractivity contribution in [2.24, 2.45) is 0 Å². The maximum absolute atomic E-state index is 10.4. The highest BCUT2D eigenvalue weighted by Gasteiger charge is 2.44. The number of hydrogen-bond donors (Lipinski definition) is 4. The van der Waals surface area contributed by atoms with Crippen molar-refractivity contribution < 1.29 is 20.1 Å². The van der Waals surface area contributed by atoms with Gasteiger partial charge in [0.25, 0.3) is 0 Å². The molecule has 0 saturated carbocycles. The Kier molecular flexibility index (Phi) is 5.54. The maximum atomic E-state index is 10.4. The lowest BCUT2D eigenvalue weighted by atomic mass is 9.99. The number of anilines is 1. The number of aromatic nitrogens is 4. The van der Waals surface area contributed by atoms with Gasteiger partial charge in [0.1, 0.15) is 24.6 Å². The molecule has 1 fully saturated rings. The third kappa shape index (κ3) is 3.61. The zero-order valence-electron chi connectivity index (χ0n) is 17.1. The summed E-state index contributed by atoms with van der Waals surface area (Å²) in [5.74, 6) is 0.526. The summed E-state index contributed by atoms with van der Waals surface area (Å²) in [7, 11) is 0. The second-order valence-corrected chi connectivity index (χ2v) is 7.67. The van der Waals surface area contributed by atoms with Crippen LogP contribution in [0.25, 0.3) is 11.2 Å². The summed E-state index contributed by atoms with van der Waals surface area (Å²) >= 11 is 0. The summed E-state index contributed by atoms with van der Waals surface area (Å²) in [5, 5.41) is 33.4. The van der Waals surface area contributed by atoms with Gasteiger partial charge >= 0.3 is 0 Å². The molecule has 3 heterocycles. The molecule has 4 aromatic rings. The molecular formula is C23H23N5O4. The molecule has 0 spiro atoms. The molecule has 0 amide bonds. The molecule has 1 aliphatic rings. The number of rotatable bonds is 6. The van der Waals surface area contributed by atoms with E-state index in [4.69, 9.17) is 4.74 Å². The standard InChI is InChI=1S/C23H23N5O4/c29-11-16-19(30)20(31)23(32-16)28-13-26-18-21(24-12-25-22(18)28)27-17(14-7-3-1-4-8-14)15-9-5-2-6-10-15/h1-10,12-13,16-17,19-20,23,29-31H,11H2,(H,24,25,27)/t16-,19?,20+,23-/m1/s1. The molecule has 0 bridgehead atoms. The van der Waals surface area contributed by atoms with Crippen LogP contribution in [-0.2, 0) is 4.74 Å². The molecule has 1 unspecified atom stereocenters. The highest BCUT2D eigenvalue weighted by atomic mass is 16.6. The Bertz CT molecular complexity index is 1150. The summed E-state index contributed by atoms with van der Waals surface area (Å²) in [5.41, 5.74) is 3.07. The SMILES string of the molecule is OC[C@H]1O[C@@H](n2cnc3c(NC(c4ccccc4)c4ccccc4)ncnc32)[C@@H](O)C1O. The normalized spacial score (nSPS) is 23.1. The molecule has 9 heteroatoms. The van der Waals surface area contributed by atoms with Crippen LogP contribution in [0.5, 0.6) is 0 Å². The van der Waals surface area contributed by atoms with Gasteiger partial charge in [0, 0.05) is 0 Å². The van der Waals surface area contributed by atoms with Gasteiger partial charge in [-0.3, -0.25) is 4.57 Å². The van der Waals surface area contributed by atoms with E-state index in [0.29, 0.717) is 17.0 Å². The molecule has 9 nitrogen and oxygen atoms in total. The molecule has 0 radical (unpaired) electrons. The van der Waals surface area contributed by atoms with E-state index in [1.807, 2.05) is 60.7 Å². The zero-order valence-corrected chi connectivity index (χ0v) is 17.1. The first-order chi connectivity index (χ1) is 15.7. The van der Waals surface area contributed by atoms with E-state index in [9.17, 15) is 15.3 Å². The third-order valence-electron chi connectivity index (χ3n) is 5.70. The highest BCUT2D eigenvalue weighted by Crippen LogP contribution is 2.33. The van der Waals surface area contributed by atoms with Crippen molar-refractivity contribution in [1.29, 1.82) is 0 Å². The second kappa shape index (κ2) is 8.64. The predicted molar refractivity (Wildman–Crippen MR) is 117 cm³/mol. The van der Waals surface area contributed by atoms with Gasteiger partial charge < -0.3 is 25.4 Å². The average Bonchev–Trinajstić information content (AvgIpc) is 3.40. The predicted octanol–water partition coefficient (Wildman–Crippen LogP) is 1.64. The lowest BCUT2D eigenvalue weighted by molar-refractivity contribution is -0.0511. The minimum absolute atomic E-state index is 0.172. The topological polar surface area (TPSA) is 126 Å². The van der Waals surface area contributed by atoms with Crippen LogP contribution >= 0.6 is 0 Å². The molecule has 1 saturated heterocycles. The summed E-state index contributed by atoms with van der Waals surface area (Å²) in [6, 6.07) is 19.9. The van der Waals surface area contributed by atoms with E-state index in [-0.39, 0.29) is 6.04 Å². The van der Waals surface area contributed by atoms with E-state index in [0.717, 1.165) is 11.1 Å². The number of ether oxygens (including phenoxy) is 1. The van der Waals surface area contributed by atoms with Gasteiger partial charge in [-0.15, -0.1) is 0 Å². The van der Waals surface area contributed by atoms with Crippen LogP contribution < -0.4 is 5.32 Å². The minimum Gasteiger partial charge on any atom is -0.394 e. The lowest BCUT2D eigenvalue weighted by Crippen LogP contribution is -2.33. The number of imidazole rings is 1. The van der Waals surface area contributed by atoms with Crippen molar-refractivity contribution in [2.75, 3.05) is 11.9 Å². The maximum Gasteiger partial charge on any atom is 0.167 e. The fourth-order valence-electron chi connectivity index (χ4n) is 4.04. The molecule has 164 valence electrons. The Morgan fingerprint density at radius 3 is 2.16 bits per heavy atom. The molecule has 2 aromatic heterocycles. The highest BCUT2D eigenvalue weighted by molar-refractivity contribution is 5.83. The van der Waals surface area contributed by atoms with Crippen LogP contribution in [0.2, 0.25) is 0 Å². The van der Waals surface area contributed by atoms with Gasteiger partial charge in [0.15, 0.2) is 23.2 Å². The van der Waals surface area contributed by atoms with Gasteiger partial charge in [-0.05, 0) is 11.1 Å². The molecule has 0 aliphatic carbocycles. The summed E-state index contributed by atoms with van der Waals surface area (Å²) in [6.45, 7) is -0.404. The quantitative estimate of drug-likeness (QED) is 0.362. The van der Waals surface area contributed by atoms with Crippen molar-refractivity contribution in [2.45, 2.75) is 30.6 Å². The zero-order chi connectivity index (χ0) is 22.1. The molecule has 32 heavy (non-hydrogen) atoms. The first-order valence-electron chi connectivity index (χ1n) is 10.3. The Labute approximate surface area is 184 Å². The van der Waals surface area contributed by atoms with Crippen LogP contribution in [0.1, 0.15) is 23.4 Å². The Balaban J connectivity index is 1.52. The van der Waals surface area contributed by atoms with Crippen molar-refractivity contribution in [1.82, 2.24) is 19.5 Å². The number of aliphatic hydroxyl groups is 3. The Morgan fingerprint density at radius 2 is 1.56 bits per heavy atom. The fraction of sp³-hybridized carbons (Fsp3) is 0.261. The first-order valence-corrected chi connectivity index (χ1v) is 10.3. The lowest BCUT2D eigenvalue weighted by Gasteiger charge is -2.21. The number of nitrogens with one attached hydrogen (secondary N) is 1. The van der Waals surface area contributed by atoms with Crippen molar-refractivity contribution >= 4 is 17.0 Å². The minimum atomic E-state index is -1.22. The van der Waals surface area contributed by atoms with Gasteiger partial charge in [0.2, 0.25) is 0 Å². The van der Waals surface area contributed by atoms with Crippen LogP contribution in [0, 0.1) is 0 Å². The number of benzene rings is 2. The largest absolute Gasteiger partial charge is 0.394 e. The third-order valence-corrected chi connectivity index (χ3v) is 5.70. The van der Waals surface area contributed by atoms with E-state index in [2.05, 4.69) is 20.3 Å². The Morgan fingerprint density at radius 1 is 0.906 bits per heavy atom.